The molecule has 0 radical (unpaired) electrons. The molecule has 28 heavy (non-hydrogen) atoms. The normalized spacial score (nSPS) is 13.1. The number of aliphatic hydroxyl groups is 1. The Kier molecular flexibility index (Phi) is 5.14. The summed E-state index contributed by atoms with van der Waals surface area (Å²) in [6.07, 6.45) is 2.24. The molecule has 2 aromatic carbocycles. The Hall–Kier alpha value is -2.35. The van der Waals surface area contributed by atoms with Crippen molar-refractivity contribution in [1.82, 2.24) is 9.97 Å². The van der Waals surface area contributed by atoms with E-state index in [1.54, 1.807) is 17.5 Å². The van der Waals surface area contributed by atoms with Gasteiger partial charge in [0.25, 0.3) is 0 Å². The molecule has 0 aliphatic carbocycles. The van der Waals surface area contributed by atoms with Crippen LogP contribution >= 0.6 is 11.3 Å². The molecule has 0 spiro atoms. The van der Waals surface area contributed by atoms with Crippen molar-refractivity contribution >= 4 is 54.6 Å². The third-order valence-corrected chi connectivity index (χ3v) is 7.45. The van der Waals surface area contributed by atoms with Gasteiger partial charge in [0.05, 0.1) is 32.0 Å². The van der Waals surface area contributed by atoms with Gasteiger partial charge in [-0.05, 0) is 62.7 Å². The summed E-state index contributed by atoms with van der Waals surface area (Å²) in [5, 5.41) is 13.6. The quantitative estimate of drug-likeness (QED) is 0.474. The van der Waals surface area contributed by atoms with Gasteiger partial charge in [0, 0.05) is 39.2 Å². The van der Waals surface area contributed by atoms with Crippen molar-refractivity contribution in [1.29, 1.82) is 0 Å². The predicted molar refractivity (Wildman–Crippen MR) is 117 cm³/mol. The number of fused-ring (bicyclic) bond motifs is 2. The maximum Gasteiger partial charge on any atom is 0.0832 e. The zero-order valence-electron chi connectivity index (χ0n) is 15.7. The monoisotopic (exact) mass is 411 g/mol. The van der Waals surface area contributed by atoms with Crippen LogP contribution in [0.3, 0.4) is 0 Å². The summed E-state index contributed by atoms with van der Waals surface area (Å²) < 4.78 is 13.7. The molecule has 0 aliphatic rings. The number of thiazole rings is 1. The van der Waals surface area contributed by atoms with Crippen molar-refractivity contribution in [2.45, 2.75) is 29.9 Å². The minimum atomic E-state index is -1.24. The van der Waals surface area contributed by atoms with Gasteiger partial charge in [-0.2, -0.15) is 0 Å². The van der Waals surface area contributed by atoms with Crippen LogP contribution in [0.15, 0.2) is 59.1 Å². The van der Waals surface area contributed by atoms with Gasteiger partial charge in [0.2, 0.25) is 0 Å². The first-order chi connectivity index (χ1) is 13.5. The molecule has 2 heterocycles. The molecule has 0 fully saturated rings. The largest absolute Gasteiger partial charge is 0.396 e. The third-order valence-electron chi connectivity index (χ3n) is 4.75. The first-order valence-electron chi connectivity index (χ1n) is 9.00. The lowest BCUT2D eigenvalue weighted by molar-refractivity contribution is 0.274. The molecule has 0 aliphatic heterocycles. The Morgan fingerprint density at radius 2 is 1.96 bits per heavy atom. The smallest absolute Gasteiger partial charge is 0.0832 e. The number of nitrogens with zero attached hydrogens (tertiary/aromatic N) is 2. The lowest BCUT2D eigenvalue weighted by Gasteiger charge is -2.23. The molecule has 0 saturated heterocycles. The van der Waals surface area contributed by atoms with Gasteiger partial charge in [-0.25, -0.2) is 4.98 Å². The van der Waals surface area contributed by atoms with Crippen molar-refractivity contribution in [2.75, 3.05) is 11.9 Å². The average molecular weight is 412 g/mol. The van der Waals surface area contributed by atoms with Crippen LogP contribution in [0.4, 0.5) is 11.4 Å². The SMILES string of the molecule is CC(C)(CCO)S(=O)c1ccc2nccc(Nc3ccc4scnc4c3)c2c1. The van der Waals surface area contributed by atoms with Crippen molar-refractivity contribution in [2.24, 2.45) is 0 Å². The van der Waals surface area contributed by atoms with E-state index in [0.717, 1.165) is 37.4 Å². The zero-order valence-corrected chi connectivity index (χ0v) is 17.3. The van der Waals surface area contributed by atoms with Crippen LogP contribution in [0.2, 0.25) is 0 Å². The maximum absolute atomic E-state index is 13.0. The second-order valence-corrected chi connectivity index (χ2v) is 10.2. The molecule has 1 unspecified atom stereocenters. The summed E-state index contributed by atoms with van der Waals surface area (Å²) in [6, 6.07) is 13.7. The highest BCUT2D eigenvalue weighted by molar-refractivity contribution is 7.86. The second kappa shape index (κ2) is 7.58. The number of nitrogens with one attached hydrogen (secondary N) is 1. The number of benzene rings is 2. The molecule has 1 atom stereocenters. The van der Waals surface area contributed by atoms with Crippen LogP contribution in [0.1, 0.15) is 20.3 Å². The Morgan fingerprint density at radius 3 is 2.79 bits per heavy atom. The van der Waals surface area contributed by atoms with E-state index < -0.39 is 15.5 Å². The molecule has 5 nitrogen and oxygen atoms in total. The van der Waals surface area contributed by atoms with Crippen LogP contribution in [0, 0.1) is 0 Å². The van der Waals surface area contributed by atoms with Gasteiger partial charge in [0.1, 0.15) is 0 Å². The van der Waals surface area contributed by atoms with Crippen molar-refractivity contribution in [3.8, 4) is 0 Å². The van der Waals surface area contributed by atoms with Crippen molar-refractivity contribution in [3.05, 3.63) is 54.2 Å². The maximum atomic E-state index is 13.0. The molecule has 7 heteroatoms. The molecule has 4 aromatic rings. The van der Waals surface area contributed by atoms with Gasteiger partial charge >= 0.3 is 0 Å². The third kappa shape index (κ3) is 3.65. The highest BCUT2D eigenvalue weighted by Gasteiger charge is 2.27. The van der Waals surface area contributed by atoms with Gasteiger partial charge in [-0.3, -0.25) is 9.19 Å². The summed E-state index contributed by atoms with van der Waals surface area (Å²) >= 11 is 1.62. The summed E-state index contributed by atoms with van der Waals surface area (Å²) in [5.74, 6) is 0. The zero-order chi connectivity index (χ0) is 19.7. The van der Waals surface area contributed by atoms with E-state index in [1.165, 1.54) is 0 Å². The summed E-state index contributed by atoms with van der Waals surface area (Å²) in [7, 11) is -1.24. The Labute approximate surface area is 169 Å². The van der Waals surface area contributed by atoms with Gasteiger partial charge in [0.15, 0.2) is 0 Å². The number of aliphatic hydroxyl groups excluding tert-OH is 1. The minimum absolute atomic E-state index is 0.0137. The number of aromatic nitrogens is 2. The molecular weight excluding hydrogens is 390 g/mol. The minimum Gasteiger partial charge on any atom is -0.396 e. The van der Waals surface area contributed by atoms with E-state index in [-0.39, 0.29) is 6.61 Å². The van der Waals surface area contributed by atoms with Crippen LogP contribution < -0.4 is 5.32 Å². The van der Waals surface area contributed by atoms with Crippen molar-refractivity contribution in [3.63, 3.8) is 0 Å². The molecular formula is C21H21N3O2S2. The van der Waals surface area contributed by atoms with E-state index in [1.807, 2.05) is 55.8 Å². The second-order valence-electron chi connectivity index (χ2n) is 7.20. The average Bonchev–Trinajstić information content (AvgIpc) is 3.15. The van der Waals surface area contributed by atoms with E-state index in [2.05, 4.69) is 21.4 Å². The van der Waals surface area contributed by atoms with Crippen LogP contribution in [-0.2, 0) is 10.8 Å². The number of hydrogen-bond donors (Lipinski definition) is 2. The van der Waals surface area contributed by atoms with Gasteiger partial charge in [-0.1, -0.05) is 0 Å². The number of anilines is 2. The Bertz CT molecular complexity index is 1170. The summed E-state index contributed by atoms with van der Waals surface area (Å²) in [5.41, 5.74) is 5.48. The predicted octanol–water partition coefficient (Wildman–Crippen LogP) is 4.86. The molecule has 144 valence electrons. The molecule has 2 aromatic heterocycles. The lowest BCUT2D eigenvalue weighted by atomic mass is 10.1. The summed E-state index contributed by atoms with van der Waals surface area (Å²) in [4.78, 5) is 9.54. The van der Waals surface area contributed by atoms with E-state index in [4.69, 9.17) is 0 Å². The topological polar surface area (TPSA) is 75.1 Å². The fourth-order valence-electron chi connectivity index (χ4n) is 3.12. The van der Waals surface area contributed by atoms with Crippen LogP contribution in [0.25, 0.3) is 21.1 Å². The van der Waals surface area contributed by atoms with Crippen LogP contribution in [-0.4, -0.2) is 30.6 Å². The Morgan fingerprint density at radius 1 is 1.11 bits per heavy atom. The molecule has 0 saturated carbocycles. The fraction of sp³-hybridized carbons (Fsp3) is 0.238. The van der Waals surface area contributed by atoms with Gasteiger partial charge < -0.3 is 10.4 Å². The first-order valence-corrected chi connectivity index (χ1v) is 11.0. The fourth-order valence-corrected chi connectivity index (χ4v) is 5.11. The molecule has 2 N–H and O–H groups in total. The van der Waals surface area contributed by atoms with Crippen LogP contribution in [0.5, 0.6) is 0 Å². The first kappa shape index (κ1) is 19.0. The highest BCUT2D eigenvalue weighted by atomic mass is 32.2. The highest BCUT2D eigenvalue weighted by Crippen LogP contribution is 2.31. The lowest BCUT2D eigenvalue weighted by Crippen LogP contribution is -2.27. The van der Waals surface area contributed by atoms with Crippen molar-refractivity contribution < 1.29 is 9.32 Å². The van der Waals surface area contributed by atoms with Gasteiger partial charge in [-0.15, -0.1) is 11.3 Å². The molecule has 0 amide bonds. The summed E-state index contributed by atoms with van der Waals surface area (Å²) in [6.45, 7) is 3.84. The standard InChI is InChI=1S/C21H21N3O2S2/c1-21(2,8-10-25)28(26)15-4-5-17-16(12-15)18(7-9-22-17)24-14-3-6-20-19(11-14)23-13-27-20/h3-7,9,11-13,25H,8,10H2,1-2H3,(H,22,24). The Balaban J connectivity index is 1.73. The molecule has 4 rings (SSSR count). The van der Waals surface area contributed by atoms with E-state index in [0.29, 0.717) is 6.42 Å². The number of hydrogen-bond acceptors (Lipinski definition) is 6. The number of rotatable bonds is 6. The van der Waals surface area contributed by atoms with E-state index >= 15 is 0 Å². The number of pyridine rings is 1. The van der Waals surface area contributed by atoms with E-state index in [9.17, 15) is 9.32 Å². The molecule has 0 bridgehead atoms.